The lowest BCUT2D eigenvalue weighted by Crippen LogP contribution is -2.54. The van der Waals surface area contributed by atoms with Crippen LogP contribution in [0.25, 0.3) is 0 Å². The fourth-order valence-corrected chi connectivity index (χ4v) is 1.75. The molecule has 3 N–H and O–H groups in total. The van der Waals surface area contributed by atoms with Gasteiger partial charge in [-0.15, -0.1) is 0 Å². The van der Waals surface area contributed by atoms with Crippen LogP contribution in [0.1, 0.15) is 27.2 Å². The molecule has 102 valence electrons. The van der Waals surface area contributed by atoms with E-state index in [0.29, 0.717) is 19.5 Å². The van der Waals surface area contributed by atoms with Gasteiger partial charge in [0.1, 0.15) is 5.54 Å². The molecule has 1 unspecified atom stereocenters. The molecule has 0 bridgehead atoms. The van der Waals surface area contributed by atoms with Gasteiger partial charge in [0.05, 0.1) is 0 Å². The number of rotatable bonds is 3. The van der Waals surface area contributed by atoms with Gasteiger partial charge in [0.25, 0.3) is 0 Å². The van der Waals surface area contributed by atoms with Crippen LogP contribution in [0.2, 0.25) is 0 Å². The highest BCUT2D eigenvalue weighted by Gasteiger charge is 2.33. The number of carboxylic acids is 1. The minimum Gasteiger partial charge on any atom is -0.480 e. The Hall–Kier alpha value is -1.79. The lowest BCUT2D eigenvalue weighted by molar-refractivity contribution is -0.143. The second-order valence-corrected chi connectivity index (χ2v) is 4.99. The predicted molar refractivity (Wildman–Crippen MR) is 64.0 cm³/mol. The molecule has 3 amide bonds. The average Bonchev–Trinajstić information content (AvgIpc) is 2.64. The topological polar surface area (TPSA) is 98.7 Å². The molecule has 1 aliphatic rings. The van der Waals surface area contributed by atoms with Crippen molar-refractivity contribution in [3.05, 3.63) is 0 Å². The maximum atomic E-state index is 11.8. The van der Waals surface area contributed by atoms with Gasteiger partial charge in [0.15, 0.2) is 0 Å². The zero-order valence-electron chi connectivity index (χ0n) is 10.8. The maximum absolute atomic E-state index is 11.8. The van der Waals surface area contributed by atoms with Crippen LogP contribution in [0.5, 0.6) is 0 Å². The Morgan fingerprint density at radius 3 is 2.44 bits per heavy atom. The molecular weight excluding hydrogens is 238 g/mol. The molecule has 0 spiro atoms. The highest BCUT2D eigenvalue weighted by molar-refractivity contribution is 5.85. The average molecular weight is 257 g/mol. The molecule has 1 saturated heterocycles. The van der Waals surface area contributed by atoms with Gasteiger partial charge in [0, 0.05) is 26.1 Å². The number of carbonyl (C=O) groups is 3. The summed E-state index contributed by atoms with van der Waals surface area (Å²) in [5, 5.41) is 14.1. The molecule has 1 rings (SSSR count). The summed E-state index contributed by atoms with van der Waals surface area (Å²) in [4.78, 5) is 35.1. The van der Waals surface area contributed by atoms with Crippen LogP contribution in [-0.4, -0.2) is 52.6 Å². The summed E-state index contributed by atoms with van der Waals surface area (Å²) in [6.07, 6.45) is 0.681. The van der Waals surface area contributed by atoms with E-state index in [1.54, 1.807) is 0 Å². The van der Waals surface area contributed by atoms with Crippen LogP contribution >= 0.6 is 0 Å². The molecule has 7 nitrogen and oxygen atoms in total. The Bertz CT molecular complexity index is 367. The third-order valence-corrected chi connectivity index (χ3v) is 2.84. The fraction of sp³-hybridized carbons (Fsp3) is 0.727. The number of carbonyl (C=O) groups excluding carboxylic acids is 2. The summed E-state index contributed by atoms with van der Waals surface area (Å²) in [5.74, 6) is -1.22. The van der Waals surface area contributed by atoms with E-state index in [9.17, 15) is 14.4 Å². The molecule has 18 heavy (non-hydrogen) atoms. The fourth-order valence-electron chi connectivity index (χ4n) is 1.75. The first kappa shape index (κ1) is 14.3. The molecule has 1 fully saturated rings. The van der Waals surface area contributed by atoms with Gasteiger partial charge in [-0.3, -0.25) is 4.79 Å². The van der Waals surface area contributed by atoms with Gasteiger partial charge in [-0.2, -0.15) is 0 Å². The van der Waals surface area contributed by atoms with Gasteiger partial charge < -0.3 is 20.6 Å². The summed E-state index contributed by atoms with van der Waals surface area (Å²) in [6, 6.07) is -0.476. The van der Waals surface area contributed by atoms with Crippen LogP contribution in [0.4, 0.5) is 4.79 Å². The first-order valence-electron chi connectivity index (χ1n) is 5.80. The number of nitrogens with one attached hydrogen (secondary N) is 2. The smallest absolute Gasteiger partial charge is 0.328 e. The first-order valence-corrected chi connectivity index (χ1v) is 5.80. The SMILES string of the molecule is CC(=O)NC1CCN(C(=O)NC(C)(C)C(=O)O)C1. The second-order valence-electron chi connectivity index (χ2n) is 4.99. The Kier molecular flexibility index (Phi) is 4.15. The molecule has 7 heteroatoms. The molecule has 0 aromatic carbocycles. The van der Waals surface area contributed by atoms with E-state index >= 15 is 0 Å². The highest BCUT2D eigenvalue weighted by atomic mass is 16.4. The monoisotopic (exact) mass is 257 g/mol. The largest absolute Gasteiger partial charge is 0.480 e. The standard InChI is InChI=1S/C11H19N3O4/c1-7(15)12-8-4-5-14(6-8)10(18)13-11(2,3)9(16)17/h8H,4-6H2,1-3H3,(H,12,15)(H,13,18)(H,16,17). The lowest BCUT2D eigenvalue weighted by atomic mass is 10.1. The van der Waals surface area contributed by atoms with Gasteiger partial charge in [-0.25, -0.2) is 9.59 Å². The number of nitrogens with zero attached hydrogens (tertiary/aromatic N) is 1. The normalized spacial score (nSPS) is 19.5. The molecule has 1 aliphatic heterocycles. The molecule has 0 aromatic rings. The molecule has 0 aliphatic carbocycles. The number of aliphatic carboxylic acids is 1. The van der Waals surface area contributed by atoms with Crippen molar-refractivity contribution in [1.82, 2.24) is 15.5 Å². The van der Waals surface area contributed by atoms with E-state index in [0.717, 1.165) is 0 Å². The van der Waals surface area contributed by atoms with E-state index in [1.807, 2.05) is 0 Å². The predicted octanol–water partition coefficient (Wildman–Crippen LogP) is -0.230. The lowest BCUT2D eigenvalue weighted by Gasteiger charge is -2.25. The highest BCUT2D eigenvalue weighted by Crippen LogP contribution is 2.11. The Balaban J connectivity index is 2.50. The van der Waals surface area contributed by atoms with Gasteiger partial charge in [0.2, 0.25) is 5.91 Å². The molecule has 0 radical (unpaired) electrons. The number of hydrogen-bond donors (Lipinski definition) is 3. The Morgan fingerprint density at radius 2 is 1.94 bits per heavy atom. The van der Waals surface area contributed by atoms with E-state index in [2.05, 4.69) is 10.6 Å². The first-order chi connectivity index (χ1) is 8.22. The van der Waals surface area contributed by atoms with E-state index < -0.39 is 17.5 Å². The second kappa shape index (κ2) is 5.24. The van der Waals surface area contributed by atoms with Gasteiger partial charge >= 0.3 is 12.0 Å². The van der Waals surface area contributed by atoms with E-state index in [4.69, 9.17) is 5.11 Å². The van der Waals surface area contributed by atoms with Crippen LogP contribution in [0.15, 0.2) is 0 Å². The number of likely N-dealkylation sites (tertiary alicyclic amines) is 1. The van der Waals surface area contributed by atoms with Crippen molar-refractivity contribution in [2.24, 2.45) is 0 Å². The zero-order valence-corrected chi connectivity index (χ0v) is 10.8. The Morgan fingerprint density at radius 1 is 1.33 bits per heavy atom. The molecular formula is C11H19N3O4. The number of carboxylic acid groups (broad SMARTS) is 1. The van der Waals surface area contributed by atoms with Crippen molar-refractivity contribution in [3.8, 4) is 0 Å². The quantitative estimate of drug-likeness (QED) is 0.650. The minimum absolute atomic E-state index is 0.0545. The third kappa shape index (κ3) is 3.61. The summed E-state index contributed by atoms with van der Waals surface area (Å²) < 4.78 is 0. The molecule has 1 heterocycles. The molecule has 0 saturated carbocycles. The molecule has 0 aromatic heterocycles. The maximum Gasteiger partial charge on any atom is 0.328 e. The van der Waals surface area contributed by atoms with E-state index in [1.165, 1.54) is 25.7 Å². The number of hydrogen-bond acceptors (Lipinski definition) is 3. The van der Waals surface area contributed by atoms with Crippen LogP contribution < -0.4 is 10.6 Å². The van der Waals surface area contributed by atoms with E-state index in [-0.39, 0.29) is 11.9 Å². The van der Waals surface area contributed by atoms with Crippen LogP contribution in [-0.2, 0) is 9.59 Å². The summed E-state index contributed by atoms with van der Waals surface area (Å²) in [7, 11) is 0. The van der Waals surface area contributed by atoms with Gasteiger partial charge in [-0.1, -0.05) is 0 Å². The third-order valence-electron chi connectivity index (χ3n) is 2.84. The number of urea groups is 1. The minimum atomic E-state index is -1.30. The summed E-state index contributed by atoms with van der Waals surface area (Å²) in [6.45, 7) is 5.19. The zero-order chi connectivity index (χ0) is 13.9. The summed E-state index contributed by atoms with van der Waals surface area (Å²) in [5.41, 5.74) is -1.30. The van der Waals surface area contributed by atoms with Gasteiger partial charge in [-0.05, 0) is 20.3 Å². The van der Waals surface area contributed by atoms with Crippen molar-refractivity contribution in [2.45, 2.75) is 38.8 Å². The van der Waals surface area contributed by atoms with Crippen molar-refractivity contribution in [3.63, 3.8) is 0 Å². The Labute approximate surface area is 106 Å². The van der Waals surface area contributed by atoms with Crippen molar-refractivity contribution < 1.29 is 19.5 Å². The summed E-state index contributed by atoms with van der Waals surface area (Å²) >= 11 is 0. The number of amides is 3. The van der Waals surface area contributed by atoms with Crippen molar-refractivity contribution in [1.29, 1.82) is 0 Å². The van der Waals surface area contributed by atoms with Crippen LogP contribution in [0, 0.1) is 0 Å². The van der Waals surface area contributed by atoms with Crippen LogP contribution in [0.3, 0.4) is 0 Å². The van der Waals surface area contributed by atoms with Crippen molar-refractivity contribution in [2.75, 3.05) is 13.1 Å². The molecule has 1 atom stereocenters. The van der Waals surface area contributed by atoms with Crippen molar-refractivity contribution >= 4 is 17.9 Å².